The number of nitrogens with two attached hydrogens (primary N) is 2. The van der Waals surface area contributed by atoms with Gasteiger partial charge in [-0.1, -0.05) is 49.1 Å². The van der Waals surface area contributed by atoms with Gasteiger partial charge in [-0.25, -0.2) is 4.79 Å². The Hall–Kier alpha value is -4.13. The van der Waals surface area contributed by atoms with Crippen LogP contribution in [0, 0.1) is 5.92 Å². The highest BCUT2D eigenvalue weighted by atomic mass is 16.5. The van der Waals surface area contributed by atoms with E-state index in [-0.39, 0.29) is 23.4 Å². The van der Waals surface area contributed by atoms with Crippen molar-refractivity contribution < 1.29 is 9.53 Å². The van der Waals surface area contributed by atoms with Crippen LogP contribution in [0.1, 0.15) is 69.4 Å². The molecule has 4 rings (SSSR count). The molecule has 1 saturated heterocycles. The minimum Gasteiger partial charge on any atom is -0.463 e. The van der Waals surface area contributed by atoms with Gasteiger partial charge in [-0.2, -0.15) is 9.97 Å². The Balaban J connectivity index is 1.20. The van der Waals surface area contributed by atoms with E-state index in [0.29, 0.717) is 49.7 Å². The lowest BCUT2D eigenvalue weighted by molar-refractivity contribution is -0.122. The summed E-state index contributed by atoms with van der Waals surface area (Å²) in [6, 6.07) is 7.97. The van der Waals surface area contributed by atoms with E-state index < -0.39 is 6.04 Å². The number of azide groups is 1. The standard InChI is InChI=1S/C30H45N11O3/c1-2-3-18-44-29-37-26(32)25-27(38-29)41(30(43)36-25)20-23-9-7-22(8-10-23)19-40-16-12-21(13-17-40)11-15-34-28(42)24(31)6-4-5-14-35-39-33/h7-10,21,24H,2-6,11-20,31H2,1H3,(H,34,42)(H,36,43)(H2,32,37,38)/t24-/m0/s1. The van der Waals surface area contributed by atoms with E-state index in [9.17, 15) is 9.59 Å². The van der Waals surface area contributed by atoms with Gasteiger partial charge in [-0.05, 0) is 74.2 Å². The lowest BCUT2D eigenvalue weighted by Gasteiger charge is -2.32. The molecule has 0 radical (unpaired) electrons. The molecule has 14 nitrogen and oxygen atoms in total. The summed E-state index contributed by atoms with van der Waals surface area (Å²) >= 11 is 0. The number of nitrogens with one attached hydrogen (secondary N) is 2. The van der Waals surface area contributed by atoms with E-state index >= 15 is 0 Å². The van der Waals surface area contributed by atoms with Gasteiger partial charge >= 0.3 is 11.7 Å². The summed E-state index contributed by atoms with van der Waals surface area (Å²) in [6.07, 6.45) is 7.10. The van der Waals surface area contributed by atoms with E-state index in [2.05, 4.69) is 54.3 Å². The molecule has 2 aromatic heterocycles. The van der Waals surface area contributed by atoms with Crippen LogP contribution in [0.4, 0.5) is 5.82 Å². The number of fused-ring (bicyclic) bond motifs is 1. The van der Waals surface area contributed by atoms with E-state index in [1.54, 1.807) is 4.57 Å². The third-order valence-electron chi connectivity index (χ3n) is 8.11. The average molecular weight is 608 g/mol. The van der Waals surface area contributed by atoms with Gasteiger partial charge in [0.05, 0.1) is 19.2 Å². The number of H-pyrrole nitrogens is 1. The molecule has 44 heavy (non-hydrogen) atoms. The number of imidazole rings is 1. The molecule has 3 aromatic rings. The number of benzene rings is 1. The van der Waals surface area contributed by atoms with Crippen LogP contribution in [0.5, 0.6) is 6.01 Å². The Bertz CT molecular complexity index is 1460. The monoisotopic (exact) mass is 607 g/mol. The summed E-state index contributed by atoms with van der Waals surface area (Å²) < 4.78 is 7.19. The number of amides is 1. The normalized spacial score (nSPS) is 14.8. The molecule has 0 aliphatic carbocycles. The van der Waals surface area contributed by atoms with Gasteiger partial charge in [0, 0.05) is 24.5 Å². The number of unbranched alkanes of at least 4 members (excludes halogenated alkanes) is 2. The molecular formula is C30H45N11O3. The number of carbonyl (C=O) groups is 1. The zero-order chi connectivity index (χ0) is 31.3. The van der Waals surface area contributed by atoms with Crippen LogP contribution in [-0.4, -0.2) is 69.2 Å². The Morgan fingerprint density at radius 1 is 1.18 bits per heavy atom. The maximum absolute atomic E-state index is 12.7. The van der Waals surface area contributed by atoms with Crippen LogP contribution in [0.25, 0.3) is 21.6 Å². The second-order valence-electron chi connectivity index (χ2n) is 11.5. The predicted octanol–water partition coefficient (Wildman–Crippen LogP) is 3.46. The number of carbonyl (C=O) groups excluding carboxylic acids is 1. The number of piperidine rings is 1. The van der Waals surface area contributed by atoms with Crippen molar-refractivity contribution in [2.75, 3.05) is 38.5 Å². The van der Waals surface area contributed by atoms with Crippen molar-refractivity contribution >= 4 is 22.9 Å². The van der Waals surface area contributed by atoms with Crippen molar-refractivity contribution in [2.45, 2.75) is 77.4 Å². The SMILES string of the molecule is CCCCOc1nc(N)c2[nH]c(=O)n(Cc3ccc(CN4CCC(CCNC(=O)[C@@H](N)CCCCN=[N+]=[N-])CC4)cc3)c2n1. The molecule has 3 heterocycles. The zero-order valence-corrected chi connectivity index (χ0v) is 25.6. The van der Waals surface area contributed by atoms with Gasteiger partial charge in [0.15, 0.2) is 11.5 Å². The predicted molar refractivity (Wildman–Crippen MR) is 170 cm³/mol. The quantitative estimate of drug-likeness (QED) is 0.0771. The van der Waals surface area contributed by atoms with Crippen molar-refractivity contribution in [3.63, 3.8) is 0 Å². The fraction of sp³-hybridized carbons (Fsp3) is 0.600. The van der Waals surface area contributed by atoms with Crippen LogP contribution >= 0.6 is 0 Å². The number of aromatic amines is 1. The number of likely N-dealkylation sites (tertiary alicyclic amines) is 1. The van der Waals surface area contributed by atoms with E-state index in [0.717, 1.165) is 70.1 Å². The first-order valence-corrected chi connectivity index (χ1v) is 15.6. The maximum atomic E-state index is 12.7. The van der Waals surface area contributed by atoms with Gasteiger partial charge in [-0.15, -0.1) is 0 Å². The molecule has 1 fully saturated rings. The van der Waals surface area contributed by atoms with Gasteiger partial charge in [0.1, 0.15) is 5.52 Å². The summed E-state index contributed by atoms with van der Waals surface area (Å²) in [4.78, 5) is 41.6. The fourth-order valence-corrected chi connectivity index (χ4v) is 5.43. The highest BCUT2D eigenvalue weighted by molar-refractivity contribution is 5.82. The second-order valence-corrected chi connectivity index (χ2v) is 11.5. The molecule has 0 saturated carbocycles. The number of nitrogens with zero attached hydrogens (tertiary/aromatic N) is 7. The van der Waals surface area contributed by atoms with Gasteiger partial charge in [-0.3, -0.25) is 14.3 Å². The van der Waals surface area contributed by atoms with Gasteiger partial charge in [0.25, 0.3) is 0 Å². The third-order valence-corrected chi connectivity index (χ3v) is 8.11. The number of nitrogen functional groups attached to an aromatic ring is 1. The smallest absolute Gasteiger partial charge is 0.328 e. The zero-order valence-electron chi connectivity index (χ0n) is 25.6. The van der Waals surface area contributed by atoms with E-state index in [1.165, 1.54) is 5.56 Å². The first-order chi connectivity index (χ1) is 21.4. The molecule has 6 N–H and O–H groups in total. The molecular weight excluding hydrogens is 562 g/mol. The summed E-state index contributed by atoms with van der Waals surface area (Å²) in [6.45, 7) is 6.90. The molecule has 14 heteroatoms. The molecule has 1 aliphatic rings. The van der Waals surface area contributed by atoms with Crippen molar-refractivity contribution in [1.82, 2.24) is 29.7 Å². The number of hydrogen-bond acceptors (Lipinski definition) is 9. The molecule has 1 aliphatic heterocycles. The summed E-state index contributed by atoms with van der Waals surface area (Å²) in [5.74, 6) is 0.666. The Morgan fingerprint density at radius 2 is 1.91 bits per heavy atom. The highest BCUT2D eigenvalue weighted by Crippen LogP contribution is 2.22. The molecule has 238 valence electrons. The van der Waals surface area contributed by atoms with E-state index in [4.69, 9.17) is 21.7 Å². The number of hydrogen-bond donors (Lipinski definition) is 4. The molecule has 0 bridgehead atoms. The minimum atomic E-state index is -0.520. The van der Waals surface area contributed by atoms with Crippen molar-refractivity contribution in [3.8, 4) is 6.01 Å². The summed E-state index contributed by atoms with van der Waals surface area (Å²) in [7, 11) is 0. The van der Waals surface area contributed by atoms with Crippen LogP contribution in [0.15, 0.2) is 34.2 Å². The first kappa shape index (κ1) is 32.8. The molecule has 0 spiro atoms. The minimum absolute atomic E-state index is 0.109. The molecule has 1 aromatic carbocycles. The van der Waals surface area contributed by atoms with Crippen LogP contribution in [0.2, 0.25) is 0 Å². The molecule has 1 amide bonds. The van der Waals surface area contributed by atoms with Gasteiger partial charge in [0.2, 0.25) is 5.91 Å². The maximum Gasteiger partial charge on any atom is 0.328 e. The van der Waals surface area contributed by atoms with Crippen LogP contribution in [0.3, 0.4) is 0 Å². The Labute approximate surface area is 257 Å². The summed E-state index contributed by atoms with van der Waals surface area (Å²) in [5.41, 5.74) is 23.1. The van der Waals surface area contributed by atoms with Crippen LogP contribution < -0.4 is 27.2 Å². The summed E-state index contributed by atoms with van der Waals surface area (Å²) in [5, 5.41) is 6.48. The lowest BCUT2D eigenvalue weighted by atomic mass is 9.93. The average Bonchev–Trinajstić information content (AvgIpc) is 3.33. The molecule has 0 unspecified atom stereocenters. The lowest BCUT2D eigenvalue weighted by Crippen LogP contribution is -2.41. The van der Waals surface area contributed by atoms with Gasteiger partial charge < -0.3 is 26.5 Å². The number of ether oxygens (including phenoxy) is 1. The topological polar surface area (TPSA) is 206 Å². The van der Waals surface area contributed by atoms with Crippen molar-refractivity contribution in [1.29, 1.82) is 0 Å². The Kier molecular flexibility index (Phi) is 12.4. The van der Waals surface area contributed by atoms with Crippen LogP contribution in [-0.2, 0) is 17.9 Å². The second kappa shape index (κ2) is 16.6. The largest absolute Gasteiger partial charge is 0.463 e. The van der Waals surface area contributed by atoms with Crippen molar-refractivity contribution in [3.05, 3.63) is 56.3 Å². The number of anilines is 1. The first-order valence-electron chi connectivity index (χ1n) is 15.6. The third kappa shape index (κ3) is 9.43. The fourth-order valence-electron chi connectivity index (χ4n) is 5.43. The number of aromatic nitrogens is 4. The van der Waals surface area contributed by atoms with E-state index in [1.807, 2.05) is 12.1 Å². The Morgan fingerprint density at radius 3 is 2.61 bits per heavy atom. The molecule has 1 atom stereocenters. The number of rotatable bonds is 17. The van der Waals surface area contributed by atoms with Crippen molar-refractivity contribution in [2.24, 2.45) is 16.8 Å². The highest BCUT2D eigenvalue weighted by Gasteiger charge is 2.20.